The van der Waals surface area contributed by atoms with Crippen molar-refractivity contribution in [2.45, 2.75) is 243 Å². The lowest BCUT2D eigenvalue weighted by molar-refractivity contribution is 0.598. The Kier molecular flexibility index (Phi) is 76.6. The molecule has 70 heavy (non-hydrogen) atoms. The van der Waals surface area contributed by atoms with Gasteiger partial charge in [-0.2, -0.15) is 11.8 Å². The number of rotatable bonds is 0. The molecule has 8 rings (SSSR count). The van der Waals surface area contributed by atoms with Gasteiger partial charge in [-0.1, -0.05) is 285 Å². The van der Waals surface area contributed by atoms with E-state index >= 15 is 0 Å². The quantitative estimate of drug-likeness (QED) is 0.191. The molecule has 0 amide bonds. The molecule has 3 aliphatic heterocycles. The van der Waals surface area contributed by atoms with Crippen molar-refractivity contribution in [1.29, 1.82) is 0 Å². The highest BCUT2D eigenvalue weighted by atomic mass is 32.2. The maximum absolute atomic E-state index is 11.1. The minimum Gasteiger partial charge on any atom is -0.384 e. The Morgan fingerprint density at radius 1 is 0.357 bits per heavy atom. The van der Waals surface area contributed by atoms with E-state index in [4.69, 9.17) is 0 Å². The minimum atomic E-state index is -2.81. The highest BCUT2D eigenvalue weighted by Gasteiger charge is 2.23. The Hall–Kier alpha value is -3.02. The lowest BCUT2D eigenvalue weighted by Crippen LogP contribution is -1.95. The third-order valence-corrected chi connectivity index (χ3v) is 9.77. The molecule has 0 atom stereocenters. The Morgan fingerprint density at radius 2 is 0.600 bits per heavy atom. The summed E-state index contributed by atoms with van der Waals surface area (Å²) in [6.07, 6.45) is 5.15. The zero-order chi connectivity index (χ0) is 56.5. The molecule has 1 N–H and O–H groups in total. The Balaban J connectivity index is -0.000000103. The van der Waals surface area contributed by atoms with Gasteiger partial charge >= 0.3 is 0 Å². The first-order valence-corrected chi connectivity index (χ1v) is 31.3. The Morgan fingerprint density at radius 3 is 0.886 bits per heavy atom. The molecule has 3 heterocycles. The monoisotopic (exact) mass is 1010 g/mol. The van der Waals surface area contributed by atoms with Gasteiger partial charge in [0.05, 0.1) is 11.5 Å². The molecule has 4 aliphatic rings. The van der Waals surface area contributed by atoms with Crippen LogP contribution >= 0.6 is 11.8 Å². The third kappa shape index (κ3) is 55.9. The van der Waals surface area contributed by atoms with Crippen LogP contribution in [0.25, 0.3) is 0 Å². The molecule has 0 spiro atoms. The topological polar surface area (TPSA) is 46.2 Å². The third-order valence-electron chi connectivity index (χ3n) is 7.24. The number of fused-ring (bicyclic) bond motifs is 4. The van der Waals surface area contributed by atoms with Crippen LogP contribution in [0.15, 0.2) is 97.1 Å². The van der Waals surface area contributed by atoms with Crippen LogP contribution in [0.4, 0.5) is 5.69 Å². The molecule has 0 radical (unpaired) electrons. The summed E-state index contributed by atoms with van der Waals surface area (Å²) in [6.45, 7) is 59.1. The van der Waals surface area contributed by atoms with Gasteiger partial charge in [-0.15, -0.1) is 0 Å². The van der Waals surface area contributed by atoms with Crippen molar-refractivity contribution in [1.82, 2.24) is 0 Å². The lowest BCUT2D eigenvalue weighted by Gasteiger charge is -1.94. The summed E-state index contributed by atoms with van der Waals surface area (Å²) in [5, 5.41) is 3.30. The number of para-hydroxylation sites is 1. The number of anilines is 1. The van der Waals surface area contributed by atoms with Crippen molar-refractivity contribution in [2.24, 2.45) is 23.7 Å². The zero-order valence-electron chi connectivity index (χ0n) is 52.0. The second-order valence-corrected chi connectivity index (χ2v) is 20.0. The molecular weight excluding hydrogens is 891 g/mol. The van der Waals surface area contributed by atoms with Gasteiger partial charge in [0, 0.05) is 23.7 Å². The second-order valence-electron chi connectivity index (χ2n) is 16.9. The molecule has 0 unspecified atom stereocenters. The predicted molar refractivity (Wildman–Crippen MR) is 334 cm³/mol. The summed E-state index contributed by atoms with van der Waals surface area (Å²) in [7, 11) is -2.81. The second kappa shape index (κ2) is 64.0. The average molecular weight is 1010 g/mol. The standard InChI is InChI=1S/C9H10.C8H9N.C8H8O2S.C8H8S.4C4H10.8C2H6/c1-2-5-9-7-3-6-8(9)4-1;1-2-4-8-7(3-1)5-6-9-8;9-11(10)5-7-3-1-2-4-8(7)6-11;1-2-4-8-6-9-5-7(8)3-1;4*1-4(2)3;8*1-2/h1-2,4-5H,3,6-7H2;1-4,9H,5-6H2;1-4H,5-6H2;1-4H,5-6H2;4*4H,1-3H3;8*1-2H3. The molecule has 0 bridgehead atoms. The molecule has 5 heteroatoms. The van der Waals surface area contributed by atoms with Crippen molar-refractivity contribution in [3.05, 3.63) is 136 Å². The molecule has 0 fully saturated rings. The molecule has 4 aromatic carbocycles. The van der Waals surface area contributed by atoms with Gasteiger partial charge in [0.15, 0.2) is 9.84 Å². The molecule has 1 aliphatic carbocycles. The number of aryl methyl sites for hydroxylation is 2. The van der Waals surface area contributed by atoms with Crippen LogP contribution in [0.1, 0.15) is 239 Å². The van der Waals surface area contributed by atoms with Gasteiger partial charge in [-0.25, -0.2) is 8.42 Å². The van der Waals surface area contributed by atoms with Crippen molar-refractivity contribution < 1.29 is 8.42 Å². The van der Waals surface area contributed by atoms with Gasteiger partial charge in [0.1, 0.15) is 0 Å². The van der Waals surface area contributed by atoms with Crippen LogP contribution in [-0.4, -0.2) is 15.0 Å². The van der Waals surface area contributed by atoms with E-state index in [1.54, 1.807) is 11.1 Å². The fraction of sp³-hybridized carbons (Fsp3) is 0.631. The van der Waals surface area contributed by atoms with Crippen molar-refractivity contribution in [3.8, 4) is 0 Å². The van der Waals surface area contributed by atoms with Crippen LogP contribution < -0.4 is 5.32 Å². The molecule has 0 saturated carbocycles. The van der Waals surface area contributed by atoms with Crippen molar-refractivity contribution in [3.63, 3.8) is 0 Å². The Labute approximate surface area is 447 Å². The van der Waals surface area contributed by atoms with Crippen LogP contribution in [0.3, 0.4) is 0 Å². The number of hydrogen-bond acceptors (Lipinski definition) is 4. The lowest BCUT2D eigenvalue weighted by atomic mass is 10.1. The first-order valence-electron chi connectivity index (χ1n) is 28.3. The maximum Gasteiger partial charge on any atom is 0.158 e. The van der Waals surface area contributed by atoms with Gasteiger partial charge in [-0.05, 0) is 94.4 Å². The fourth-order valence-electron chi connectivity index (χ4n) is 5.23. The van der Waals surface area contributed by atoms with E-state index in [1.807, 2.05) is 147 Å². The molecule has 0 saturated heterocycles. The smallest absolute Gasteiger partial charge is 0.158 e. The molecule has 412 valence electrons. The number of nitrogens with one attached hydrogen (secondary N) is 1. The van der Waals surface area contributed by atoms with Gasteiger partial charge in [0.25, 0.3) is 0 Å². The van der Waals surface area contributed by atoms with E-state index in [-0.39, 0.29) is 11.5 Å². The van der Waals surface area contributed by atoms with Crippen LogP contribution in [0.2, 0.25) is 0 Å². The molecule has 4 aromatic rings. The molecule has 0 aromatic heterocycles. The SMILES string of the molecule is CC.CC.CC.CC.CC.CC.CC.CC.CC(C)C.CC(C)C.CC(C)C.CC(C)C.O=S1(=O)Cc2ccccc2C1.c1ccc2c(c1)CCC2.c1ccc2c(c1)CCN2.c1ccc2c(c1)CSC2. The average Bonchev–Trinajstić information content (AvgIpc) is 4.21. The summed E-state index contributed by atoms with van der Waals surface area (Å²) in [6, 6.07) is 33.4. The van der Waals surface area contributed by atoms with E-state index in [9.17, 15) is 8.42 Å². The summed E-state index contributed by atoms with van der Waals surface area (Å²) < 4.78 is 22.2. The largest absolute Gasteiger partial charge is 0.384 e. The summed E-state index contributed by atoms with van der Waals surface area (Å²) in [4.78, 5) is 0. The first-order chi connectivity index (χ1) is 33.5. The van der Waals surface area contributed by atoms with Crippen LogP contribution in [0.5, 0.6) is 0 Å². The van der Waals surface area contributed by atoms with Crippen LogP contribution in [-0.2, 0) is 52.1 Å². The van der Waals surface area contributed by atoms with E-state index in [2.05, 4.69) is 161 Å². The number of hydrogen-bond donors (Lipinski definition) is 1. The summed E-state index contributed by atoms with van der Waals surface area (Å²) in [5.74, 6) is 6.22. The molecular formula is C65H123NO2S2. The van der Waals surface area contributed by atoms with E-state index in [0.29, 0.717) is 0 Å². The van der Waals surface area contributed by atoms with Crippen LogP contribution in [0, 0.1) is 23.7 Å². The van der Waals surface area contributed by atoms with Crippen molar-refractivity contribution >= 4 is 27.3 Å². The highest BCUT2D eigenvalue weighted by molar-refractivity contribution is 7.98. The van der Waals surface area contributed by atoms with Crippen molar-refractivity contribution in [2.75, 3.05) is 11.9 Å². The minimum absolute atomic E-state index is 0.225. The van der Waals surface area contributed by atoms with Gasteiger partial charge < -0.3 is 5.32 Å². The Bertz CT molecular complexity index is 1420. The fourth-order valence-corrected chi connectivity index (χ4v) is 7.95. The number of thioether (sulfide) groups is 1. The van der Waals surface area contributed by atoms with Gasteiger partial charge in [0.2, 0.25) is 0 Å². The summed E-state index contributed by atoms with van der Waals surface area (Å²) in [5.41, 5.74) is 10.9. The van der Waals surface area contributed by atoms with Gasteiger partial charge in [-0.3, -0.25) is 0 Å². The first kappa shape index (κ1) is 83.8. The van der Waals surface area contributed by atoms with E-state index in [0.717, 1.165) is 41.3 Å². The predicted octanol–water partition coefficient (Wildman–Crippen LogP) is 22.2. The van der Waals surface area contributed by atoms with E-state index < -0.39 is 9.84 Å². The maximum atomic E-state index is 11.1. The number of benzene rings is 4. The zero-order valence-corrected chi connectivity index (χ0v) is 53.7. The highest BCUT2D eigenvalue weighted by Crippen LogP contribution is 2.29. The van der Waals surface area contributed by atoms with E-state index in [1.165, 1.54) is 59.6 Å². The normalized spacial score (nSPS) is 11.7. The number of sulfone groups is 1. The summed E-state index contributed by atoms with van der Waals surface area (Å²) >= 11 is 2.00. The molecule has 3 nitrogen and oxygen atoms in total.